The molecule has 4 rings (SSSR count). The molecular weight excluding hydrogens is 374 g/mol. The molecule has 2 aromatic heterocycles. The predicted octanol–water partition coefficient (Wildman–Crippen LogP) is 5.06. The molecule has 9 heteroatoms. The molecule has 0 radical (unpaired) electrons. The number of rotatable bonds is 4. The van der Waals surface area contributed by atoms with Gasteiger partial charge in [0.2, 0.25) is 0 Å². The molecule has 0 aliphatic rings. The Bertz CT molecular complexity index is 1110. The van der Waals surface area contributed by atoms with Crippen LogP contribution >= 0.6 is 22.9 Å². The Balaban J connectivity index is 1.57. The zero-order valence-corrected chi connectivity index (χ0v) is 14.7. The summed E-state index contributed by atoms with van der Waals surface area (Å²) in [5.41, 5.74) is 2.05. The molecule has 0 unspecified atom stereocenters. The smallest absolute Gasteiger partial charge is 0.270 e. The van der Waals surface area contributed by atoms with Gasteiger partial charge in [-0.15, -0.1) is 10.2 Å². The topological polar surface area (TPSA) is 93.8 Å². The van der Waals surface area contributed by atoms with Crippen LogP contribution in [0.25, 0.3) is 21.5 Å². The van der Waals surface area contributed by atoms with Gasteiger partial charge in [-0.25, -0.2) is 4.98 Å². The number of nitro groups is 1. The molecule has 4 aromatic rings. The first-order valence-corrected chi connectivity index (χ1v) is 8.69. The van der Waals surface area contributed by atoms with Gasteiger partial charge in [-0.1, -0.05) is 35.1 Å². The molecule has 0 aliphatic heterocycles. The Morgan fingerprint density at radius 2 is 1.96 bits per heavy atom. The predicted molar refractivity (Wildman–Crippen MR) is 102 cm³/mol. The number of aromatic nitrogens is 3. The highest BCUT2D eigenvalue weighted by molar-refractivity contribution is 7.22. The summed E-state index contributed by atoms with van der Waals surface area (Å²) in [6.07, 6.45) is 0. The van der Waals surface area contributed by atoms with Crippen molar-refractivity contribution in [3.63, 3.8) is 0 Å². The molecule has 0 fully saturated rings. The first-order chi connectivity index (χ1) is 12.6. The van der Waals surface area contributed by atoms with E-state index in [1.807, 2.05) is 12.1 Å². The van der Waals surface area contributed by atoms with Crippen molar-refractivity contribution < 1.29 is 4.92 Å². The van der Waals surface area contributed by atoms with Crippen molar-refractivity contribution in [1.82, 2.24) is 15.2 Å². The average molecular weight is 384 g/mol. The average Bonchev–Trinajstić information content (AvgIpc) is 3.03. The van der Waals surface area contributed by atoms with Gasteiger partial charge in [0.05, 0.1) is 20.8 Å². The molecular formula is C17H10ClN5O2S. The lowest BCUT2D eigenvalue weighted by Crippen LogP contribution is -1.96. The number of nitro benzene ring substituents is 1. The van der Waals surface area contributed by atoms with Crippen LogP contribution in [0.2, 0.25) is 5.02 Å². The van der Waals surface area contributed by atoms with E-state index in [2.05, 4.69) is 20.5 Å². The summed E-state index contributed by atoms with van der Waals surface area (Å²) in [6, 6.07) is 15.3. The molecule has 7 nitrogen and oxygen atoms in total. The van der Waals surface area contributed by atoms with Gasteiger partial charge in [-0.3, -0.25) is 10.1 Å². The van der Waals surface area contributed by atoms with Crippen molar-refractivity contribution in [3.05, 3.63) is 69.7 Å². The summed E-state index contributed by atoms with van der Waals surface area (Å²) in [5.74, 6) is 0.532. The lowest BCUT2D eigenvalue weighted by molar-refractivity contribution is -0.384. The van der Waals surface area contributed by atoms with E-state index in [1.165, 1.54) is 23.5 Å². The molecule has 128 valence electrons. The number of halogens is 1. The first kappa shape index (κ1) is 16.4. The zero-order chi connectivity index (χ0) is 18.1. The maximum Gasteiger partial charge on any atom is 0.270 e. The van der Waals surface area contributed by atoms with Gasteiger partial charge in [-0.05, 0) is 30.3 Å². The summed E-state index contributed by atoms with van der Waals surface area (Å²) in [7, 11) is 0. The molecule has 0 spiro atoms. The number of nitrogens with zero attached hydrogens (tertiary/aromatic N) is 4. The highest BCUT2D eigenvalue weighted by atomic mass is 35.5. The van der Waals surface area contributed by atoms with E-state index >= 15 is 0 Å². The van der Waals surface area contributed by atoms with E-state index < -0.39 is 4.92 Å². The molecule has 2 aromatic carbocycles. The lowest BCUT2D eigenvalue weighted by Gasteiger charge is -2.03. The number of hydrogen-bond acceptors (Lipinski definition) is 7. The Morgan fingerprint density at radius 1 is 1.08 bits per heavy atom. The summed E-state index contributed by atoms with van der Waals surface area (Å²) in [5, 5.41) is 23.6. The van der Waals surface area contributed by atoms with Crippen LogP contribution in [-0.4, -0.2) is 20.1 Å². The normalized spacial score (nSPS) is 10.8. The van der Waals surface area contributed by atoms with Crippen molar-refractivity contribution >= 4 is 49.8 Å². The fraction of sp³-hybridized carbons (Fsp3) is 0. The van der Waals surface area contributed by atoms with E-state index in [0.29, 0.717) is 27.2 Å². The van der Waals surface area contributed by atoms with Crippen LogP contribution < -0.4 is 5.32 Å². The summed E-state index contributed by atoms with van der Waals surface area (Å²) in [6.45, 7) is 0. The van der Waals surface area contributed by atoms with Crippen LogP contribution in [0.5, 0.6) is 0 Å². The van der Waals surface area contributed by atoms with E-state index in [-0.39, 0.29) is 5.69 Å². The van der Waals surface area contributed by atoms with Crippen molar-refractivity contribution in [3.8, 4) is 11.3 Å². The lowest BCUT2D eigenvalue weighted by atomic mass is 10.1. The van der Waals surface area contributed by atoms with Gasteiger partial charge in [0.25, 0.3) is 5.69 Å². The molecule has 0 atom stereocenters. The third-order valence-electron chi connectivity index (χ3n) is 3.60. The van der Waals surface area contributed by atoms with Crippen LogP contribution in [-0.2, 0) is 0 Å². The molecule has 0 bridgehead atoms. The van der Waals surface area contributed by atoms with Crippen LogP contribution in [0.4, 0.5) is 16.6 Å². The highest BCUT2D eigenvalue weighted by Crippen LogP contribution is 2.30. The Labute approximate surface area is 156 Å². The minimum atomic E-state index is -0.438. The van der Waals surface area contributed by atoms with Crippen LogP contribution in [0.1, 0.15) is 0 Å². The van der Waals surface area contributed by atoms with Gasteiger partial charge in [-0.2, -0.15) is 0 Å². The van der Waals surface area contributed by atoms with Gasteiger partial charge >= 0.3 is 0 Å². The van der Waals surface area contributed by atoms with Crippen LogP contribution in [0.15, 0.2) is 54.6 Å². The van der Waals surface area contributed by atoms with E-state index in [9.17, 15) is 10.1 Å². The summed E-state index contributed by atoms with van der Waals surface area (Å²) >= 11 is 7.45. The van der Waals surface area contributed by atoms with Crippen LogP contribution in [0.3, 0.4) is 0 Å². The first-order valence-electron chi connectivity index (χ1n) is 7.50. The number of non-ortho nitro benzene ring substituents is 1. The highest BCUT2D eigenvalue weighted by Gasteiger charge is 2.09. The van der Waals surface area contributed by atoms with E-state index in [0.717, 1.165) is 10.2 Å². The maximum atomic E-state index is 10.9. The van der Waals surface area contributed by atoms with Gasteiger partial charge in [0, 0.05) is 22.7 Å². The SMILES string of the molecule is O=[N+]([O-])c1cccc(-c2ccc(Nc3nc4ccc(Cl)cc4s3)nn2)c1. The minimum absolute atomic E-state index is 0.0136. The number of thiazole rings is 1. The minimum Gasteiger partial charge on any atom is -0.315 e. The number of anilines is 2. The molecule has 1 N–H and O–H groups in total. The van der Waals surface area contributed by atoms with Crippen molar-refractivity contribution in [2.75, 3.05) is 5.32 Å². The Hall–Kier alpha value is -3.10. The third-order valence-corrected chi connectivity index (χ3v) is 4.77. The standard InChI is InChI=1S/C17H10ClN5O2S/c18-11-4-5-14-15(9-11)26-17(19-14)20-16-7-6-13(21-22-16)10-2-1-3-12(8-10)23(24)25/h1-9H,(H,19,20,22). The van der Waals surface area contributed by atoms with Gasteiger partial charge in [0.1, 0.15) is 0 Å². The zero-order valence-electron chi connectivity index (χ0n) is 13.1. The third kappa shape index (κ3) is 3.32. The quantitative estimate of drug-likeness (QED) is 0.391. The van der Waals surface area contributed by atoms with Gasteiger partial charge < -0.3 is 5.32 Å². The Kier molecular flexibility index (Phi) is 4.19. The van der Waals surface area contributed by atoms with E-state index in [1.54, 1.807) is 30.3 Å². The fourth-order valence-corrected chi connectivity index (χ4v) is 3.54. The second kappa shape index (κ2) is 6.66. The maximum absolute atomic E-state index is 10.9. The number of benzene rings is 2. The fourth-order valence-electron chi connectivity index (χ4n) is 2.39. The number of nitrogens with one attached hydrogen (secondary N) is 1. The Morgan fingerprint density at radius 3 is 2.73 bits per heavy atom. The molecule has 0 amide bonds. The monoisotopic (exact) mass is 383 g/mol. The van der Waals surface area contributed by atoms with Gasteiger partial charge in [0.15, 0.2) is 10.9 Å². The second-order valence-electron chi connectivity index (χ2n) is 5.37. The summed E-state index contributed by atoms with van der Waals surface area (Å²) < 4.78 is 0.973. The van der Waals surface area contributed by atoms with Crippen molar-refractivity contribution in [2.24, 2.45) is 0 Å². The number of hydrogen-bond donors (Lipinski definition) is 1. The molecule has 0 saturated carbocycles. The molecule has 0 saturated heterocycles. The molecule has 0 aliphatic carbocycles. The molecule has 2 heterocycles. The van der Waals surface area contributed by atoms with Crippen molar-refractivity contribution in [1.29, 1.82) is 0 Å². The summed E-state index contributed by atoms with van der Waals surface area (Å²) in [4.78, 5) is 14.9. The van der Waals surface area contributed by atoms with E-state index in [4.69, 9.17) is 11.6 Å². The van der Waals surface area contributed by atoms with Crippen molar-refractivity contribution in [2.45, 2.75) is 0 Å². The number of fused-ring (bicyclic) bond motifs is 1. The largest absolute Gasteiger partial charge is 0.315 e. The second-order valence-corrected chi connectivity index (χ2v) is 6.83. The molecule has 26 heavy (non-hydrogen) atoms. The van der Waals surface area contributed by atoms with Crippen LogP contribution in [0, 0.1) is 10.1 Å².